The van der Waals surface area contributed by atoms with Crippen molar-refractivity contribution < 1.29 is 9.59 Å². The molecule has 0 saturated carbocycles. The monoisotopic (exact) mass is 354 g/mol. The van der Waals surface area contributed by atoms with Crippen molar-refractivity contribution in [1.29, 1.82) is 0 Å². The molecule has 1 aliphatic rings. The molecule has 2 aromatic heterocycles. The number of hydrogen-bond acceptors (Lipinski definition) is 4. The molecular weight excluding hydrogens is 336 g/mol. The third-order valence-corrected chi connectivity index (χ3v) is 5.40. The molecule has 0 spiro atoms. The van der Waals surface area contributed by atoms with Gasteiger partial charge >= 0.3 is 0 Å². The van der Waals surface area contributed by atoms with Crippen LogP contribution in [-0.2, 0) is 4.79 Å². The standard InChI is InChI=1S/C18H18N4O2S/c23-17(20-14-6-1-4-12-10-19-21-16(12)14)13-5-2-8-22(11-13)18(24)15-7-3-9-25-15/h1,3-4,6-7,9-10,13H,2,5,8,11H2,(H,19,21)(H,20,23). The van der Waals surface area contributed by atoms with E-state index in [1.807, 2.05) is 35.7 Å². The lowest BCUT2D eigenvalue weighted by atomic mass is 9.96. The number of rotatable bonds is 3. The summed E-state index contributed by atoms with van der Waals surface area (Å²) < 4.78 is 0. The van der Waals surface area contributed by atoms with Crippen LogP contribution in [0.15, 0.2) is 41.9 Å². The number of anilines is 1. The van der Waals surface area contributed by atoms with E-state index in [0.29, 0.717) is 13.1 Å². The first-order valence-electron chi connectivity index (χ1n) is 8.28. The quantitative estimate of drug-likeness (QED) is 0.758. The Bertz CT molecular complexity index is 903. The number of hydrogen-bond donors (Lipinski definition) is 2. The van der Waals surface area contributed by atoms with E-state index < -0.39 is 0 Å². The molecule has 2 amide bonds. The zero-order chi connectivity index (χ0) is 17.2. The van der Waals surface area contributed by atoms with Gasteiger partial charge in [-0.3, -0.25) is 14.7 Å². The van der Waals surface area contributed by atoms with Crippen molar-refractivity contribution in [1.82, 2.24) is 15.1 Å². The van der Waals surface area contributed by atoms with E-state index in [2.05, 4.69) is 15.5 Å². The summed E-state index contributed by atoms with van der Waals surface area (Å²) in [5, 5.41) is 12.8. The maximum atomic E-state index is 12.7. The molecule has 0 radical (unpaired) electrons. The molecule has 25 heavy (non-hydrogen) atoms. The maximum absolute atomic E-state index is 12.7. The number of amides is 2. The predicted molar refractivity (Wildman–Crippen MR) is 97.7 cm³/mol. The van der Waals surface area contributed by atoms with Gasteiger partial charge in [-0.15, -0.1) is 11.3 Å². The Labute approximate surface area is 148 Å². The van der Waals surface area contributed by atoms with E-state index in [1.165, 1.54) is 11.3 Å². The van der Waals surface area contributed by atoms with Gasteiger partial charge in [0.15, 0.2) is 0 Å². The normalized spacial score (nSPS) is 17.6. The lowest BCUT2D eigenvalue weighted by molar-refractivity contribution is -0.121. The van der Waals surface area contributed by atoms with Crippen molar-refractivity contribution in [2.75, 3.05) is 18.4 Å². The van der Waals surface area contributed by atoms with Crippen molar-refractivity contribution in [3.63, 3.8) is 0 Å². The number of para-hydroxylation sites is 1. The Morgan fingerprint density at radius 2 is 2.20 bits per heavy atom. The number of carbonyl (C=O) groups excluding carboxylic acids is 2. The lowest BCUT2D eigenvalue weighted by Crippen LogP contribution is -2.43. The number of H-pyrrole nitrogens is 1. The molecule has 1 fully saturated rings. The highest BCUT2D eigenvalue weighted by Crippen LogP contribution is 2.24. The average Bonchev–Trinajstić information content (AvgIpc) is 3.33. The van der Waals surface area contributed by atoms with E-state index in [4.69, 9.17) is 0 Å². The molecule has 3 aromatic rings. The molecule has 1 aliphatic heterocycles. The topological polar surface area (TPSA) is 78.1 Å². The van der Waals surface area contributed by atoms with Crippen LogP contribution in [0.25, 0.3) is 10.9 Å². The summed E-state index contributed by atoms with van der Waals surface area (Å²) in [4.78, 5) is 27.7. The highest BCUT2D eigenvalue weighted by Gasteiger charge is 2.29. The van der Waals surface area contributed by atoms with Crippen molar-refractivity contribution in [2.24, 2.45) is 5.92 Å². The second kappa shape index (κ2) is 6.68. The zero-order valence-electron chi connectivity index (χ0n) is 13.6. The molecule has 0 aliphatic carbocycles. The molecule has 128 valence electrons. The van der Waals surface area contributed by atoms with Crippen molar-refractivity contribution >= 4 is 39.7 Å². The third-order valence-electron chi connectivity index (χ3n) is 4.55. The minimum absolute atomic E-state index is 0.0168. The first kappa shape index (κ1) is 15.8. The van der Waals surface area contributed by atoms with Gasteiger partial charge in [0.05, 0.1) is 28.2 Å². The Hall–Kier alpha value is -2.67. The van der Waals surface area contributed by atoms with Crippen molar-refractivity contribution in [3.05, 3.63) is 46.8 Å². The summed E-state index contributed by atoms with van der Waals surface area (Å²) in [5.74, 6) is -0.232. The average molecular weight is 354 g/mol. The molecular formula is C18H18N4O2S. The van der Waals surface area contributed by atoms with E-state index in [1.54, 1.807) is 11.1 Å². The SMILES string of the molecule is O=C(Nc1cccc2cn[nH]c12)C1CCCN(C(=O)c2cccs2)C1. The first-order chi connectivity index (χ1) is 12.2. The van der Waals surface area contributed by atoms with Gasteiger partial charge in [0.25, 0.3) is 5.91 Å². The first-order valence-corrected chi connectivity index (χ1v) is 9.16. The number of piperidine rings is 1. The highest BCUT2D eigenvalue weighted by molar-refractivity contribution is 7.12. The molecule has 2 N–H and O–H groups in total. The number of thiophene rings is 1. The number of carbonyl (C=O) groups is 2. The van der Waals surface area contributed by atoms with E-state index in [0.717, 1.165) is 34.3 Å². The van der Waals surface area contributed by atoms with Gasteiger partial charge in [0, 0.05) is 18.5 Å². The minimum atomic E-state index is -0.198. The number of fused-ring (bicyclic) bond motifs is 1. The van der Waals surface area contributed by atoms with E-state index >= 15 is 0 Å². The summed E-state index contributed by atoms with van der Waals surface area (Å²) in [5.41, 5.74) is 1.54. The summed E-state index contributed by atoms with van der Waals surface area (Å²) in [7, 11) is 0. The van der Waals surface area contributed by atoms with Gasteiger partial charge in [-0.25, -0.2) is 0 Å². The van der Waals surface area contributed by atoms with E-state index in [-0.39, 0.29) is 17.7 Å². The molecule has 1 unspecified atom stereocenters. The molecule has 3 heterocycles. The fourth-order valence-electron chi connectivity index (χ4n) is 3.24. The molecule has 1 saturated heterocycles. The second-order valence-corrected chi connectivity index (χ2v) is 7.14. The van der Waals surface area contributed by atoms with Crippen LogP contribution in [0.4, 0.5) is 5.69 Å². The molecule has 7 heteroatoms. The van der Waals surface area contributed by atoms with Gasteiger partial charge in [0.2, 0.25) is 5.91 Å². The largest absolute Gasteiger partial charge is 0.337 e. The number of nitrogens with zero attached hydrogens (tertiary/aromatic N) is 2. The van der Waals surface area contributed by atoms with Crippen LogP contribution in [-0.4, -0.2) is 40.0 Å². The summed E-state index contributed by atoms with van der Waals surface area (Å²) in [6.45, 7) is 1.16. The highest BCUT2D eigenvalue weighted by atomic mass is 32.1. The van der Waals surface area contributed by atoms with Gasteiger partial charge < -0.3 is 10.2 Å². The molecule has 0 bridgehead atoms. The Morgan fingerprint density at radius 3 is 3.04 bits per heavy atom. The molecule has 1 atom stereocenters. The Balaban J connectivity index is 1.47. The van der Waals surface area contributed by atoms with Crippen LogP contribution < -0.4 is 5.32 Å². The predicted octanol–water partition coefficient (Wildman–Crippen LogP) is 3.12. The number of likely N-dealkylation sites (tertiary alicyclic amines) is 1. The van der Waals surface area contributed by atoms with Crippen molar-refractivity contribution in [2.45, 2.75) is 12.8 Å². The molecule has 4 rings (SSSR count). The lowest BCUT2D eigenvalue weighted by Gasteiger charge is -2.31. The number of aromatic amines is 1. The van der Waals surface area contributed by atoms with Gasteiger partial charge in [-0.1, -0.05) is 18.2 Å². The van der Waals surface area contributed by atoms with Gasteiger partial charge in [0.1, 0.15) is 0 Å². The van der Waals surface area contributed by atoms with E-state index in [9.17, 15) is 9.59 Å². The van der Waals surface area contributed by atoms with Crippen LogP contribution >= 0.6 is 11.3 Å². The fourth-order valence-corrected chi connectivity index (χ4v) is 3.93. The van der Waals surface area contributed by atoms with Crippen LogP contribution in [0.3, 0.4) is 0 Å². The number of nitrogens with one attached hydrogen (secondary N) is 2. The summed E-state index contributed by atoms with van der Waals surface area (Å²) >= 11 is 1.44. The van der Waals surface area contributed by atoms with Crippen LogP contribution in [0.2, 0.25) is 0 Å². The second-order valence-electron chi connectivity index (χ2n) is 6.20. The Kier molecular flexibility index (Phi) is 4.23. The van der Waals surface area contributed by atoms with Crippen LogP contribution in [0.5, 0.6) is 0 Å². The van der Waals surface area contributed by atoms with Crippen LogP contribution in [0.1, 0.15) is 22.5 Å². The van der Waals surface area contributed by atoms with Gasteiger partial charge in [-0.05, 0) is 30.4 Å². The Morgan fingerprint density at radius 1 is 1.28 bits per heavy atom. The number of aromatic nitrogens is 2. The molecule has 1 aromatic carbocycles. The minimum Gasteiger partial charge on any atom is -0.337 e. The van der Waals surface area contributed by atoms with Gasteiger partial charge in [-0.2, -0.15) is 5.10 Å². The smallest absolute Gasteiger partial charge is 0.263 e. The number of benzene rings is 1. The van der Waals surface area contributed by atoms with Crippen LogP contribution in [0, 0.1) is 5.92 Å². The maximum Gasteiger partial charge on any atom is 0.263 e. The fraction of sp³-hybridized carbons (Fsp3) is 0.278. The summed E-state index contributed by atoms with van der Waals surface area (Å²) in [6, 6.07) is 9.39. The summed E-state index contributed by atoms with van der Waals surface area (Å²) in [6.07, 6.45) is 3.36. The molecule has 6 nitrogen and oxygen atoms in total. The zero-order valence-corrected chi connectivity index (χ0v) is 14.4. The third kappa shape index (κ3) is 3.15. The van der Waals surface area contributed by atoms with Crippen molar-refractivity contribution in [3.8, 4) is 0 Å².